The van der Waals surface area contributed by atoms with Gasteiger partial charge in [0.2, 0.25) is 11.8 Å². The lowest BCUT2D eigenvalue weighted by Crippen LogP contribution is -2.39. The number of amides is 3. The molecular formula is C22H25N5O4S. The van der Waals surface area contributed by atoms with Gasteiger partial charge in [-0.05, 0) is 12.5 Å². The Morgan fingerprint density at radius 2 is 2.12 bits per heavy atom. The maximum Gasteiger partial charge on any atom is 0.264 e. The second-order valence-electron chi connectivity index (χ2n) is 8.79. The molecular weight excluding hydrogens is 430 g/mol. The predicted octanol–water partition coefficient (Wildman–Crippen LogP) is 2.87. The summed E-state index contributed by atoms with van der Waals surface area (Å²) in [7, 11) is 1.76. The van der Waals surface area contributed by atoms with Crippen molar-refractivity contribution in [1.82, 2.24) is 20.1 Å². The molecule has 10 heteroatoms. The first-order valence-electron chi connectivity index (χ1n) is 10.3. The van der Waals surface area contributed by atoms with Gasteiger partial charge in [-0.2, -0.15) is 5.10 Å². The third-order valence-electron chi connectivity index (χ3n) is 5.30. The summed E-state index contributed by atoms with van der Waals surface area (Å²) < 4.78 is 7.44. The Morgan fingerprint density at radius 3 is 2.81 bits per heavy atom. The Balaban J connectivity index is 1.50. The number of hydrogen-bond donors (Lipinski definition) is 2. The monoisotopic (exact) mass is 455 g/mol. The highest BCUT2D eigenvalue weighted by Gasteiger charge is 2.32. The molecule has 168 valence electrons. The van der Waals surface area contributed by atoms with Gasteiger partial charge in [-0.1, -0.05) is 32.9 Å². The van der Waals surface area contributed by atoms with Crippen LogP contribution in [0.25, 0.3) is 10.9 Å². The summed E-state index contributed by atoms with van der Waals surface area (Å²) in [5.74, 6) is -0.941. The van der Waals surface area contributed by atoms with Crippen molar-refractivity contribution in [3.05, 3.63) is 35.0 Å². The lowest BCUT2D eigenvalue weighted by atomic mass is 9.93. The smallest absolute Gasteiger partial charge is 0.264 e. The highest BCUT2D eigenvalue weighted by atomic mass is 32.1. The number of nitrogens with one attached hydrogen (secondary N) is 2. The van der Waals surface area contributed by atoms with Crippen molar-refractivity contribution in [1.29, 1.82) is 0 Å². The molecule has 1 aromatic carbocycles. The summed E-state index contributed by atoms with van der Waals surface area (Å²) in [5, 5.41) is 12.9. The summed E-state index contributed by atoms with van der Waals surface area (Å²) in [6.45, 7) is 6.00. The summed E-state index contributed by atoms with van der Waals surface area (Å²) in [6, 6.07) is 5.41. The standard InChI is InChI=1S/C22H25N5O4S/c1-22(2,3)15-11-32-21(23-15)25-17(29)10-31-14-7-5-6-12-18(26-27(4)19(12)14)13-8-9-16(28)24-20(13)30/h5-7,11,13H,8-10H2,1-4H3,(H,23,25,29)(H,24,28,30). The lowest BCUT2D eigenvalue weighted by molar-refractivity contribution is -0.134. The van der Waals surface area contributed by atoms with E-state index in [1.165, 1.54) is 11.3 Å². The summed E-state index contributed by atoms with van der Waals surface area (Å²) in [6.07, 6.45) is 0.688. The molecule has 32 heavy (non-hydrogen) atoms. The second-order valence-corrected chi connectivity index (χ2v) is 9.65. The number of piperidine rings is 1. The maximum absolute atomic E-state index is 12.4. The van der Waals surface area contributed by atoms with Gasteiger partial charge < -0.3 is 4.74 Å². The Labute approximate surface area is 189 Å². The van der Waals surface area contributed by atoms with Crippen molar-refractivity contribution < 1.29 is 19.1 Å². The number of rotatable bonds is 5. The van der Waals surface area contributed by atoms with Crippen LogP contribution in [0.4, 0.5) is 5.13 Å². The van der Waals surface area contributed by atoms with Crippen molar-refractivity contribution in [3.8, 4) is 5.75 Å². The van der Waals surface area contributed by atoms with Crippen LogP contribution in [0.1, 0.15) is 50.9 Å². The van der Waals surface area contributed by atoms with E-state index in [1.807, 2.05) is 11.4 Å². The number of anilines is 1. The average molecular weight is 456 g/mol. The molecule has 0 radical (unpaired) electrons. The third kappa shape index (κ3) is 4.36. The molecule has 3 heterocycles. The molecule has 1 aliphatic rings. The highest BCUT2D eigenvalue weighted by Crippen LogP contribution is 2.34. The van der Waals surface area contributed by atoms with Gasteiger partial charge in [0, 0.05) is 29.6 Å². The number of thiazole rings is 1. The average Bonchev–Trinajstić information content (AvgIpc) is 3.32. The first-order chi connectivity index (χ1) is 15.1. The van der Waals surface area contributed by atoms with Crippen LogP contribution in [0.3, 0.4) is 0 Å². The zero-order valence-corrected chi connectivity index (χ0v) is 19.2. The maximum atomic E-state index is 12.4. The zero-order chi connectivity index (χ0) is 23.0. The fraction of sp³-hybridized carbons (Fsp3) is 0.409. The number of nitrogens with zero attached hydrogens (tertiary/aromatic N) is 3. The van der Waals surface area contributed by atoms with Gasteiger partial charge in [0.05, 0.1) is 17.3 Å². The molecule has 1 aliphatic heterocycles. The minimum Gasteiger partial charge on any atom is -0.481 e. The molecule has 2 aromatic heterocycles. The quantitative estimate of drug-likeness (QED) is 0.572. The minimum atomic E-state index is -0.503. The minimum absolute atomic E-state index is 0.0919. The Hall–Kier alpha value is -3.27. The molecule has 3 amide bonds. The molecule has 1 atom stereocenters. The number of benzene rings is 1. The second kappa shape index (κ2) is 8.34. The van der Waals surface area contributed by atoms with E-state index in [0.29, 0.717) is 28.5 Å². The number of para-hydroxylation sites is 1. The number of carbonyl (C=O) groups is 3. The summed E-state index contributed by atoms with van der Waals surface area (Å²) >= 11 is 1.38. The number of aromatic nitrogens is 3. The number of aryl methyl sites for hydroxylation is 1. The van der Waals surface area contributed by atoms with Crippen LogP contribution in [-0.2, 0) is 26.8 Å². The predicted molar refractivity (Wildman–Crippen MR) is 121 cm³/mol. The number of fused-ring (bicyclic) bond motifs is 1. The highest BCUT2D eigenvalue weighted by molar-refractivity contribution is 7.13. The number of ether oxygens (including phenoxy) is 1. The van der Waals surface area contributed by atoms with E-state index in [2.05, 4.69) is 41.5 Å². The zero-order valence-electron chi connectivity index (χ0n) is 18.4. The van der Waals surface area contributed by atoms with E-state index in [0.717, 1.165) is 11.1 Å². The van der Waals surface area contributed by atoms with Crippen LogP contribution in [0.2, 0.25) is 0 Å². The topological polar surface area (TPSA) is 115 Å². The van der Waals surface area contributed by atoms with Crippen LogP contribution in [0.15, 0.2) is 23.6 Å². The first kappa shape index (κ1) is 21.9. The van der Waals surface area contributed by atoms with Gasteiger partial charge in [-0.3, -0.25) is 29.7 Å². The van der Waals surface area contributed by atoms with Gasteiger partial charge in [-0.15, -0.1) is 11.3 Å². The molecule has 0 aliphatic carbocycles. The molecule has 0 bridgehead atoms. The van der Waals surface area contributed by atoms with Gasteiger partial charge in [0.25, 0.3) is 5.91 Å². The number of hydrogen-bond acceptors (Lipinski definition) is 7. The van der Waals surface area contributed by atoms with Crippen molar-refractivity contribution >= 4 is 45.1 Å². The SMILES string of the molecule is Cn1nc(C2CCC(=O)NC2=O)c2cccc(OCC(=O)Nc3nc(C(C)(C)C)cs3)c21. The molecule has 0 saturated carbocycles. The molecule has 4 rings (SSSR count). The van der Waals surface area contributed by atoms with E-state index < -0.39 is 5.92 Å². The fourth-order valence-corrected chi connectivity index (χ4v) is 4.58. The number of carbonyl (C=O) groups excluding carboxylic acids is 3. The van der Waals surface area contributed by atoms with Crippen LogP contribution in [0.5, 0.6) is 5.75 Å². The molecule has 3 aromatic rings. The van der Waals surface area contributed by atoms with Gasteiger partial charge >= 0.3 is 0 Å². The summed E-state index contributed by atoms with van der Waals surface area (Å²) in [4.78, 5) is 40.7. The van der Waals surface area contributed by atoms with Gasteiger partial charge in [-0.25, -0.2) is 4.98 Å². The fourth-order valence-electron chi connectivity index (χ4n) is 3.63. The Kier molecular flexibility index (Phi) is 5.72. The van der Waals surface area contributed by atoms with Crippen molar-refractivity contribution in [2.45, 2.75) is 44.9 Å². The normalized spacial score (nSPS) is 16.8. The largest absolute Gasteiger partial charge is 0.481 e. The number of imide groups is 1. The van der Waals surface area contributed by atoms with Crippen LogP contribution in [-0.4, -0.2) is 39.1 Å². The van der Waals surface area contributed by atoms with E-state index in [1.54, 1.807) is 23.9 Å². The molecule has 1 saturated heterocycles. The van der Waals surface area contributed by atoms with Crippen LogP contribution >= 0.6 is 11.3 Å². The van der Waals surface area contributed by atoms with Crippen LogP contribution in [0, 0.1) is 0 Å². The molecule has 0 spiro atoms. The summed E-state index contributed by atoms with van der Waals surface area (Å²) in [5.41, 5.74) is 2.11. The van der Waals surface area contributed by atoms with Crippen molar-refractivity contribution in [3.63, 3.8) is 0 Å². The van der Waals surface area contributed by atoms with Gasteiger partial charge in [0.15, 0.2) is 11.7 Å². The Morgan fingerprint density at radius 1 is 1.34 bits per heavy atom. The molecule has 9 nitrogen and oxygen atoms in total. The molecule has 2 N–H and O–H groups in total. The third-order valence-corrected chi connectivity index (χ3v) is 6.06. The van der Waals surface area contributed by atoms with Crippen molar-refractivity contribution in [2.24, 2.45) is 7.05 Å². The molecule has 1 unspecified atom stereocenters. The van der Waals surface area contributed by atoms with E-state index >= 15 is 0 Å². The van der Waals surface area contributed by atoms with Crippen LogP contribution < -0.4 is 15.4 Å². The lowest BCUT2D eigenvalue weighted by Gasteiger charge is -2.19. The Bertz CT molecular complexity index is 1210. The molecule has 1 fully saturated rings. The first-order valence-corrected chi connectivity index (χ1v) is 11.2. The van der Waals surface area contributed by atoms with E-state index in [-0.39, 0.29) is 36.2 Å². The van der Waals surface area contributed by atoms with E-state index in [9.17, 15) is 14.4 Å². The van der Waals surface area contributed by atoms with Crippen molar-refractivity contribution in [2.75, 3.05) is 11.9 Å². The van der Waals surface area contributed by atoms with E-state index in [4.69, 9.17) is 4.74 Å². The van der Waals surface area contributed by atoms with Gasteiger partial charge in [0.1, 0.15) is 11.3 Å².